The molecule has 0 amide bonds. The fourth-order valence-electron chi connectivity index (χ4n) is 1.78. The van der Waals surface area contributed by atoms with E-state index in [-0.39, 0.29) is 11.6 Å². The van der Waals surface area contributed by atoms with Crippen LogP contribution in [0.3, 0.4) is 0 Å². The molecule has 84 valence electrons. The Morgan fingerprint density at radius 3 is 2.94 bits per heavy atom. The summed E-state index contributed by atoms with van der Waals surface area (Å²) in [6.07, 6.45) is 2.48. The number of nitrogens with two attached hydrogens (primary N) is 1. The minimum Gasteiger partial charge on any atom is -0.330 e. The van der Waals surface area contributed by atoms with Gasteiger partial charge in [-0.1, -0.05) is 18.2 Å². The Morgan fingerprint density at radius 1 is 1.44 bits per heavy atom. The van der Waals surface area contributed by atoms with E-state index in [0.717, 1.165) is 11.8 Å². The second-order valence-corrected chi connectivity index (χ2v) is 3.91. The van der Waals surface area contributed by atoms with Crippen molar-refractivity contribution in [1.82, 2.24) is 9.78 Å². The first kappa shape index (κ1) is 10.8. The van der Waals surface area contributed by atoms with E-state index in [1.54, 1.807) is 6.20 Å². The molecule has 4 nitrogen and oxygen atoms in total. The predicted molar refractivity (Wildman–Crippen MR) is 64.4 cm³/mol. The number of nitrogens with zero attached hydrogens (tertiary/aromatic N) is 2. The van der Waals surface area contributed by atoms with Gasteiger partial charge in [-0.3, -0.25) is 4.79 Å². The quantitative estimate of drug-likeness (QED) is 0.843. The summed E-state index contributed by atoms with van der Waals surface area (Å²) in [7, 11) is 0. The van der Waals surface area contributed by atoms with E-state index in [1.165, 1.54) is 4.68 Å². The number of hydrogen-bond donors (Lipinski definition) is 1. The summed E-state index contributed by atoms with van der Waals surface area (Å²) < 4.78 is 1.51. The van der Waals surface area contributed by atoms with E-state index in [1.807, 2.05) is 31.2 Å². The summed E-state index contributed by atoms with van der Waals surface area (Å²) in [6.45, 7) is 2.51. The van der Waals surface area contributed by atoms with Crippen LogP contribution in [0.4, 0.5) is 0 Å². The second kappa shape index (κ2) is 4.45. The van der Waals surface area contributed by atoms with Crippen molar-refractivity contribution in [1.29, 1.82) is 0 Å². The van der Waals surface area contributed by atoms with Crippen LogP contribution in [0.2, 0.25) is 0 Å². The molecule has 1 aromatic carbocycles. The molecular formula is C12H15N3O. The average molecular weight is 217 g/mol. The van der Waals surface area contributed by atoms with Crippen molar-refractivity contribution < 1.29 is 0 Å². The zero-order valence-electron chi connectivity index (χ0n) is 9.26. The largest absolute Gasteiger partial charge is 0.330 e. The van der Waals surface area contributed by atoms with Crippen molar-refractivity contribution in [2.45, 2.75) is 19.4 Å². The van der Waals surface area contributed by atoms with Gasteiger partial charge >= 0.3 is 0 Å². The van der Waals surface area contributed by atoms with Gasteiger partial charge in [0.15, 0.2) is 0 Å². The SMILES string of the molecule is CC(CCN)n1ncc2ccccc2c1=O. The normalized spacial score (nSPS) is 12.9. The molecule has 1 unspecified atom stereocenters. The highest BCUT2D eigenvalue weighted by atomic mass is 16.1. The van der Waals surface area contributed by atoms with E-state index in [0.29, 0.717) is 11.9 Å². The zero-order chi connectivity index (χ0) is 11.5. The van der Waals surface area contributed by atoms with Gasteiger partial charge in [-0.25, -0.2) is 4.68 Å². The molecule has 0 saturated heterocycles. The molecule has 0 spiro atoms. The molecule has 0 bridgehead atoms. The predicted octanol–water partition coefficient (Wildman–Crippen LogP) is 1.31. The van der Waals surface area contributed by atoms with Gasteiger partial charge in [0.2, 0.25) is 0 Å². The molecule has 0 aliphatic heterocycles. The van der Waals surface area contributed by atoms with E-state index in [4.69, 9.17) is 5.73 Å². The lowest BCUT2D eigenvalue weighted by Crippen LogP contribution is -2.27. The van der Waals surface area contributed by atoms with Crippen LogP contribution >= 0.6 is 0 Å². The highest BCUT2D eigenvalue weighted by Crippen LogP contribution is 2.10. The first-order chi connectivity index (χ1) is 7.74. The Kier molecular flexibility index (Phi) is 3.01. The molecule has 2 rings (SSSR count). The Bertz CT molecular complexity index is 547. The van der Waals surface area contributed by atoms with Crippen molar-refractivity contribution in [3.05, 3.63) is 40.8 Å². The van der Waals surface area contributed by atoms with E-state index < -0.39 is 0 Å². The maximum absolute atomic E-state index is 12.1. The van der Waals surface area contributed by atoms with Crippen LogP contribution in [0, 0.1) is 0 Å². The minimum absolute atomic E-state index is 0.0425. The summed E-state index contributed by atoms with van der Waals surface area (Å²) in [4.78, 5) is 12.1. The van der Waals surface area contributed by atoms with Crippen molar-refractivity contribution in [2.75, 3.05) is 6.54 Å². The van der Waals surface area contributed by atoms with Crippen molar-refractivity contribution in [2.24, 2.45) is 5.73 Å². The number of fused-ring (bicyclic) bond motifs is 1. The van der Waals surface area contributed by atoms with Crippen molar-refractivity contribution in [3.63, 3.8) is 0 Å². The maximum atomic E-state index is 12.1. The van der Waals surface area contributed by atoms with Crippen LogP contribution in [0.5, 0.6) is 0 Å². The second-order valence-electron chi connectivity index (χ2n) is 3.91. The number of rotatable bonds is 3. The van der Waals surface area contributed by atoms with Crippen LogP contribution in [-0.4, -0.2) is 16.3 Å². The monoisotopic (exact) mass is 217 g/mol. The van der Waals surface area contributed by atoms with Gasteiger partial charge in [-0.15, -0.1) is 0 Å². The van der Waals surface area contributed by atoms with Gasteiger partial charge < -0.3 is 5.73 Å². The lowest BCUT2D eigenvalue weighted by Gasteiger charge is -2.12. The lowest BCUT2D eigenvalue weighted by molar-refractivity contribution is 0.447. The molecule has 0 fully saturated rings. The summed E-state index contributed by atoms with van der Waals surface area (Å²) in [5.74, 6) is 0. The third-order valence-electron chi connectivity index (χ3n) is 2.72. The molecule has 1 heterocycles. The first-order valence-electron chi connectivity index (χ1n) is 5.40. The third kappa shape index (κ3) is 1.84. The van der Waals surface area contributed by atoms with Crippen LogP contribution in [0.1, 0.15) is 19.4 Å². The molecule has 0 aliphatic rings. The topological polar surface area (TPSA) is 60.9 Å². The molecule has 1 atom stereocenters. The van der Waals surface area contributed by atoms with E-state index in [2.05, 4.69) is 5.10 Å². The number of hydrogen-bond acceptors (Lipinski definition) is 3. The molecular weight excluding hydrogens is 202 g/mol. The fourth-order valence-corrected chi connectivity index (χ4v) is 1.78. The molecule has 2 N–H and O–H groups in total. The molecule has 2 aromatic rings. The Balaban J connectivity index is 2.57. The van der Waals surface area contributed by atoms with Gasteiger partial charge in [0.25, 0.3) is 5.56 Å². The van der Waals surface area contributed by atoms with Crippen LogP contribution in [0.15, 0.2) is 35.3 Å². The maximum Gasteiger partial charge on any atom is 0.274 e. The van der Waals surface area contributed by atoms with Gasteiger partial charge in [-0.05, 0) is 26.0 Å². The van der Waals surface area contributed by atoms with Gasteiger partial charge in [0.05, 0.1) is 17.6 Å². The third-order valence-corrected chi connectivity index (χ3v) is 2.72. The van der Waals surface area contributed by atoms with Gasteiger partial charge in [0, 0.05) is 5.39 Å². The summed E-state index contributed by atoms with van der Waals surface area (Å²) in [6, 6.07) is 7.52. The molecule has 0 saturated carbocycles. The Morgan fingerprint density at radius 2 is 2.19 bits per heavy atom. The van der Waals surface area contributed by atoms with E-state index in [9.17, 15) is 4.79 Å². The lowest BCUT2D eigenvalue weighted by atomic mass is 10.2. The first-order valence-corrected chi connectivity index (χ1v) is 5.40. The molecule has 0 aliphatic carbocycles. The highest BCUT2D eigenvalue weighted by Gasteiger charge is 2.09. The molecule has 16 heavy (non-hydrogen) atoms. The summed E-state index contributed by atoms with van der Waals surface area (Å²) in [5.41, 5.74) is 5.44. The van der Waals surface area contributed by atoms with Crippen molar-refractivity contribution in [3.8, 4) is 0 Å². The molecule has 4 heteroatoms. The minimum atomic E-state index is -0.0425. The summed E-state index contributed by atoms with van der Waals surface area (Å²) >= 11 is 0. The average Bonchev–Trinajstić information content (AvgIpc) is 2.30. The Labute approximate surface area is 93.7 Å². The zero-order valence-corrected chi connectivity index (χ0v) is 9.26. The van der Waals surface area contributed by atoms with Crippen LogP contribution in [-0.2, 0) is 0 Å². The molecule has 0 radical (unpaired) electrons. The van der Waals surface area contributed by atoms with Gasteiger partial charge in [0.1, 0.15) is 0 Å². The van der Waals surface area contributed by atoms with E-state index >= 15 is 0 Å². The van der Waals surface area contributed by atoms with Crippen LogP contribution in [0.25, 0.3) is 10.8 Å². The fraction of sp³-hybridized carbons (Fsp3) is 0.333. The molecule has 1 aromatic heterocycles. The van der Waals surface area contributed by atoms with Crippen LogP contribution < -0.4 is 11.3 Å². The standard InChI is InChI=1S/C12H15N3O/c1-9(6-7-13)15-12(16)11-5-3-2-4-10(11)8-14-15/h2-5,8-9H,6-7,13H2,1H3. The highest BCUT2D eigenvalue weighted by molar-refractivity contribution is 5.80. The van der Waals surface area contributed by atoms with Gasteiger partial charge in [-0.2, -0.15) is 5.10 Å². The Hall–Kier alpha value is -1.68. The smallest absolute Gasteiger partial charge is 0.274 e. The number of aromatic nitrogens is 2. The summed E-state index contributed by atoms with van der Waals surface area (Å²) in [5, 5.41) is 5.76. The van der Waals surface area contributed by atoms with Crippen molar-refractivity contribution >= 4 is 10.8 Å². The number of benzene rings is 1.